The molecule has 0 spiro atoms. The third-order valence-electron chi connectivity index (χ3n) is 9.77. The van der Waals surface area contributed by atoms with Crippen LogP contribution in [0.1, 0.15) is 18.2 Å². The van der Waals surface area contributed by atoms with E-state index in [0.29, 0.717) is 5.92 Å². The van der Waals surface area contributed by atoms with Gasteiger partial charge in [0, 0.05) is 49.6 Å². The fourth-order valence-corrected chi connectivity index (χ4v) is 8.91. The number of aromatic nitrogens is 2. The van der Waals surface area contributed by atoms with Crippen molar-refractivity contribution in [2.24, 2.45) is 5.92 Å². The third kappa shape index (κ3) is 3.59. The quantitative estimate of drug-likeness (QED) is 0.183. The van der Waals surface area contributed by atoms with E-state index in [-0.39, 0.29) is 0 Å². The molecule has 1 unspecified atom stereocenters. The molecule has 1 aliphatic rings. The molecule has 3 heteroatoms. The van der Waals surface area contributed by atoms with Gasteiger partial charge in [-0.05, 0) is 81.1 Å². The van der Waals surface area contributed by atoms with Crippen LogP contribution in [0.2, 0.25) is 0 Å². The van der Waals surface area contributed by atoms with E-state index in [0.717, 1.165) is 17.7 Å². The molecule has 0 N–H and O–H groups in total. The topological polar surface area (TPSA) is 17.8 Å². The van der Waals surface area contributed by atoms with Gasteiger partial charge in [0.1, 0.15) is 0 Å². The summed E-state index contributed by atoms with van der Waals surface area (Å²) in [5, 5.41) is 11.6. The summed E-state index contributed by atoms with van der Waals surface area (Å²) in [6.07, 6.45) is 7.71. The standard InChI is InChI=1S/C42H28N2S/c1-25-14-17-34-33-12-6-7-13-38(33)44(39(34)22-25)27-16-19-40-37(24-27)35-20-21-43-41(42(35)45-40)26-15-18-32-30-10-3-2-8-28(30)29-9-4-5-11-31(29)36(32)23-26/h2-21,23-25H,22H2,1H3. The molecule has 10 rings (SSSR count). The Balaban J connectivity index is 1.19. The van der Waals surface area contributed by atoms with Crippen LogP contribution >= 0.6 is 11.3 Å². The first kappa shape index (κ1) is 25.1. The normalized spacial score (nSPS) is 14.8. The first-order valence-electron chi connectivity index (χ1n) is 15.7. The van der Waals surface area contributed by atoms with Crippen LogP contribution in [0.5, 0.6) is 0 Å². The van der Waals surface area contributed by atoms with Gasteiger partial charge >= 0.3 is 0 Å². The minimum Gasteiger partial charge on any atom is -0.313 e. The van der Waals surface area contributed by atoms with E-state index in [1.54, 1.807) is 0 Å². The minimum absolute atomic E-state index is 0.525. The molecule has 0 aliphatic heterocycles. The van der Waals surface area contributed by atoms with Crippen LogP contribution in [0.15, 0.2) is 128 Å². The molecule has 0 bridgehead atoms. The van der Waals surface area contributed by atoms with Gasteiger partial charge in [-0.3, -0.25) is 4.98 Å². The molecule has 2 nitrogen and oxygen atoms in total. The molecule has 3 aromatic heterocycles. The van der Waals surface area contributed by atoms with Crippen molar-refractivity contribution < 1.29 is 0 Å². The lowest BCUT2D eigenvalue weighted by atomic mass is 9.93. The van der Waals surface area contributed by atoms with Gasteiger partial charge in [0.25, 0.3) is 0 Å². The molecule has 1 aliphatic carbocycles. The number of hydrogen-bond acceptors (Lipinski definition) is 2. The van der Waals surface area contributed by atoms with Gasteiger partial charge in [0.15, 0.2) is 0 Å². The summed E-state index contributed by atoms with van der Waals surface area (Å²) in [6, 6.07) is 42.5. The molecule has 45 heavy (non-hydrogen) atoms. The number of pyridine rings is 1. The summed E-state index contributed by atoms with van der Waals surface area (Å²) in [5.74, 6) is 0.525. The summed E-state index contributed by atoms with van der Waals surface area (Å²) in [6.45, 7) is 2.31. The van der Waals surface area contributed by atoms with Crippen molar-refractivity contribution in [2.75, 3.05) is 0 Å². The lowest BCUT2D eigenvalue weighted by molar-refractivity contribution is 0.691. The Labute approximate surface area is 264 Å². The zero-order valence-corrected chi connectivity index (χ0v) is 25.6. The second-order valence-corrected chi connectivity index (χ2v) is 13.5. The van der Waals surface area contributed by atoms with Crippen molar-refractivity contribution in [3.63, 3.8) is 0 Å². The van der Waals surface area contributed by atoms with E-state index in [4.69, 9.17) is 4.98 Å². The fraction of sp³-hybridized carbons (Fsp3) is 0.0714. The van der Waals surface area contributed by atoms with E-state index >= 15 is 0 Å². The number of rotatable bonds is 2. The number of thiophene rings is 1. The molecule has 1 atom stereocenters. The maximum absolute atomic E-state index is 5.00. The highest BCUT2D eigenvalue weighted by atomic mass is 32.1. The molecule has 9 aromatic rings. The van der Waals surface area contributed by atoms with E-state index in [1.165, 1.54) is 80.3 Å². The smallest absolute Gasteiger partial charge is 0.0880 e. The largest absolute Gasteiger partial charge is 0.313 e. The van der Waals surface area contributed by atoms with Gasteiger partial charge in [-0.1, -0.05) is 97.9 Å². The molecule has 0 radical (unpaired) electrons. The molecule has 3 heterocycles. The number of benzene rings is 6. The average Bonchev–Trinajstić information content (AvgIpc) is 3.63. The van der Waals surface area contributed by atoms with Crippen molar-refractivity contribution in [3.8, 4) is 16.9 Å². The zero-order chi connectivity index (χ0) is 29.6. The van der Waals surface area contributed by atoms with Crippen molar-refractivity contribution in [1.29, 1.82) is 0 Å². The maximum Gasteiger partial charge on any atom is 0.0880 e. The molecule has 0 fully saturated rings. The van der Waals surface area contributed by atoms with Crippen molar-refractivity contribution in [1.82, 2.24) is 9.55 Å². The van der Waals surface area contributed by atoms with Gasteiger partial charge in [-0.15, -0.1) is 11.3 Å². The molecule has 0 saturated heterocycles. The number of nitrogens with zero attached hydrogens (tertiary/aromatic N) is 2. The first-order valence-corrected chi connectivity index (χ1v) is 16.5. The summed E-state index contributed by atoms with van der Waals surface area (Å²) in [5.41, 5.74) is 7.48. The van der Waals surface area contributed by atoms with Gasteiger partial charge in [0.2, 0.25) is 0 Å². The zero-order valence-electron chi connectivity index (χ0n) is 24.8. The maximum atomic E-state index is 5.00. The second-order valence-electron chi connectivity index (χ2n) is 12.4. The van der Waals surface area contributed by atoms with Gasteiger partial charge in [-0.2, -0.15) is 0 Å². The Hall–Kier alpha value is -5.25. The Kier molecular flexibility index (Phi) is 5.23. The highest BCUT2D eigenvalue weighted by Gasteiger charge is 2.22. The van der Waals surface area contributed by atoms with Crippen LogP contribution in [-0.4, -0.2) is 9.55 Å². The van der Waals surface area contributed by atoms with Crippen LogP contribution in [-0.2, 0) is 6.42 Å². The molecule has 0 saturated carbocycles. The summed E-state index contributed by atoms with van der Waals surface area (Å²) < 4.78 is 5.03. The van der Waals surface area contributed by atoms with Gasteiger partial charge in [-0.25, -0.2) is 0 Å². The van der Waals surface area contributed by atoms with E-state index in [2.05, 4.69) is 139 Å². The van der Waals surface area contributed by atoms with Gasteiger partial charge in [0.05, 0.1) is 15.9 Å². The Morgan fingerprint density at radius 3 is 2.11 bits per heavy atom. The highest BCUT2D eigenvalue weighted by molar-refractivity contribution is 7.26. The van der Waals surface area contributed by atoms with Gasteiger partial charge < -0.3 is 4.57 Å². The monoisotopic (exact) mass is 592 g/mol. The Morgan fingerprint density at radius 1 is 0.644 bits per heavy atom. The second kappa shape index (κ2) is 9.37. The Bertz CT molecular complexity index is 2670. The lowest BCUT2D eigenvalue weighted by Crippen LogP contribution is -2.08. The van der Waals surface area contributed by atoms with Crippen molar-refractivity contribution >= 4 is 80.8 Å². The number of fused-ring (bicyclic) bond motifs is 12. The van der Waals surface area contributed by atoms with E-state index < -0.39 is 0 Å². The number of para-hydroxylation sites is 1. The summed E-state index contributed by atoms with van der Waals surface area (Å²) in [7, 11) is 0. The molecule has 212 valence electrons. The van der Waals surface area contributed by atoms with Crippen molar-refractivity contribution in [2.45, 2.75) is 13.3 Å². The first-order chi connectivity index (χ1) is 22.2. The lowest BCUT2D eigenvalue weighted by Gasteiger charge is -2.17. The average molecular weight is 593 g/mol. The molecule has 6 aromatic carbocycles. The Morgan fingerprint density at radius 2 is 1.33 bits per heavy atom. The van der Waals surface area contributed by atoms with Crippen LogP contribution < -0.4 is 0 Å². The van der Waals surface area contributed by atoms with E-state index in [9.17, 15) is 0 Å². The highest BCUT2D eigenvalue weighted by Crippen LogP contribution is 2.43. The van der Waals surface area contributed by atoms with Crippen molar-refractivity contribution in [3.05, 3.63) is 139 Å². The number of hydrogen-bond donors (Lipinski definition) is 0. The summed E-state index contributed by atoms with van der Waals surface area (Å²) >= 11 is 1.85. The third-order valence-corrected chi connectivity index (χ3v) is 11.0. The number of allylic oxidation sites excluding steroid dienone is 1. The molecule has 0 amide bonds. The predicted molar refractivity (Wildman–Crippen MR) is 194 cm³/mol. The van der Waals surface area contributed by atoms with Crippen LogP contribution in [0.4, 0.5) is 0 Å². The van der Waals surface area contributed by atoms with Crippen LogP contribution in [0.25, 0.3) is 86.4 Å². The SMILES string of the molecule is CC1C=Cc2c(n(-c3ccc4sc5c(-c6ccc7c8ccccc8c8ccccc8c7c6)nccc5c4c3)c3ccccc23)C1. The minimum atomic E-state index is 0.525. The van der Waals surface area contributed by atoms with E-state index in [1.807, 2.05) is 17.5 Å². The van der Waals surface area contributed by atoms with Crippen LogP contribution in [0, 0.1) is 5.92 Å². The fourth-order valence-electron chi connectivity index (χ4n) is 7.72. The molecular formula is C42H28N2S. The van der Waals surface area contributed by atoms with Crippen LogP contribution in [0.3, 0.4) is 0 Å². The summed E-state index contributed by atoms with van der Waals surface area (Å²) in [4.78, 5) is 5.00. The molecular weight excluding hydrogens is 565 g/mol. The predicted octanol–water partition coefficient (Wildman–Crippen LogP) is 11.7.